The molecular weight excluding hydrogens is 635 g/mol. The molecule has 0 radical (unpaired) electrons. The third kappa shape index (κ3) is 4.49. The number of fused-ring (bicyclic) bond motifs is 7. The van der Waals surface area contributed by atoms with E-state index in [1.165, 1.54) is 43.5 Å². The average Bonchev–Trinajstić information content (AvgIpc) is 3.82. The lowest BCUT2D eigenvalue weighted by molar-refractivity contribution is 0.969. The molecular formula is C47H33N5. The van der Waals surface area contributed by atoms with Crippen LogP contribution in [0.2, 0.25) is 0 Å². The summed E-state index contributed by atoms with van der Waals surface area (Å²) in [7, 11) is 0. The molecule has 0 N–H and O–H groups in total. The van der Waals surface area contributed by atoms with Crippen molar-refractivity contribution in [3.8, 4) is 28.7 Å². The molecule has 0 aliphatic heterocycles. The van der Waals surface area contributed by atoms with Crippen molar-refractivity contribution in [1.29, 1.82) is 0 Å². The van der Waals surface area contributed by atoms with Gasteiger partial charge in [-0.25, -0.2) is 9.97 Å². The van der Waals surface area contributed by atoms with E-state index in [-0.39, 0.29) is 0 Å². The van der Waals surface area contributed by atoms with Gasteiger partial charge in [0.15, 0.2) is 5.82 Å². The fraction of sp³-hybridized carbons (Fsp3) is 0.0213. The third-order valence-corrected chi connectivity index (χ3v) is 10.3. The quantitative estimate of drug-likeness (QED) is 0.166. The summed E-state index contributed by atoms with van der Waals surface area (Å²) in [6, 6.07) is 53.6. The van der Waals surface area contributed by atoms with Crippen molar-refractivity contribution in [1.82, 2.24) is 23.7 Å². The molecule has 0 atom stereocenters. The van der Waals surface area contributed by atoms with Crippen molar-refractivity contribution in [2.45, 2.75) is 6.92 Å². The van der Waals surface area contributed by atoms with Crippen LogP contribution in [0.25, 0.3) is 89.3 Å². The van der Waals surface area contributed by atoms with E-state index in [0.29, 0.717) is 5.82 Å². The number of hydrogen-bond donors (Lipinski definition) is 0. The molecule has 4 heterocycles. The molecule has 0 fully saturated rings. The number of aromatic nitrogens is 5. The van der Waals surface area contributed by atoms with Crippen LogP contribution in [0.1, 0.15) is 11.3 Å². The number of hydrogen-bond acceptors (Lipinski definition) is 2. The number of benzene rings is 6. The van der Waals surface area contributed by atoms with Crippen molar-refractivity contribution in [2.24, 2.45) is 0 Å². The van der Waals surface area contributed by atoms with Gasteiger partial charge in [0, 0.05) is 44.2 Å². The second-order valence-electron chi connectivity index (χ2n) is 13.2. The Morgan fingerprint density at radius 2 is 0.904 bits per heavy atom. The first kappa shape index (κ1) is 29.9. The minimum Gasteiger partial charge on any atom is -0.309 e. The molecule has 0 amide bonds. The zero-order valence-electron chi connectivity index (χ0n) is 28.6. The smallest absolute Gasteiger partial charge is 0.163 e. The largest absolute Gasteiger partial charge is 0.309 e. The van der Waals surface area contributed by atoms with E-state index >= 15 is 0 Å². The summed E-state index contributed by atoms with van der Waals surface area (Å²) < 4.78 is 6.85. The molecule has 0 spiro atoms. The van der Waals surface area contributed by atoms with Gasteiger partial charge in [-0.2, -0.15) is 0 Å². The summed E-state index contributed by atoms with van der Waals surface area (Å²) in [6.07, 6.45) is 5.92. The Balaban J connectivity index is 1.23. The van der Waals surface area contributed by atoms with Crippen molar-refractivity contribution >= 4 is 60.6 Å². The average molecular weight is 668 g/mol. The molecule has 4 aromatic heterocycles. The topological polar surface area (TPSA) is 40.6 Å². The first-order valence-corrected chi connectivity index (χ1v) is 17.6. The highest BCUT2D eigenvalue weighted by atomic mass is 15.1. The van der Waals surface area contributed by atoms with Crippen LogP contribution < -0.4 is 0 Å². The van der Waals surface area contributed by atoms with Gasteiger partial charge in [0.1, 0.15) is 11.6 Å². The van der Waals surface area contributed by atoms with Crippen molar-refractivity contribution in [3.05, 3.63) is 182 Å². The van der Waals surface area contributed by atoms with E-state index in [9.17, 15) is 0 Å². The van der Waals surface area contributed by atoms with Crippen LogP contribution in [0.4, 0.5) is 0 Å². The first-order chi connectivity index (χ1) is 25.7. The van der Waals surface area contributed by atoms with E-state index in [1.54, 1.807) is 0 Å². The van der Waals surface area contributed by atoms with E-state index in [1.807, 2.05) is 12.2 Å². The lowest BCUT2D eigenvalue weighted by Crippen LogP contribution is -2.07. The highest BCUT2D eigenvalue weighted by molar-refractivity contribution is 6.10. The number of allylic oxidation sites excluding steroid dienone is 2. The highest BCUT2D eigenvalue weighted by Gasteiger charge is 2.20. The minimum absolute atomic E-state index is 0.650. The lowest BCUT2D eigenvalue weighted by atomic mass is 10.1. The first-order valence-electron chi connectivity index (χ1n) is 17.6. The van der Waals surface area contributed by atoms with Crippen molar-refractivity contribution in [2.75, 3.05) is 0 Å². The second-order valence-corrected chi connectivity index (χ2v) is 13.2. The second kappa shape index (κ2) is 11.8. The van der Waals surface area contributed by atoms with Crippen LogP contribution >= 0.6 is 0 Å². The van der Waals surface area contributed by atoms with Gasteiger partial charge in [0.25, 0.3) is 0 Å². The van der Waals surface area contributed by atoms with E-state index < -0.39 is 0 Å². The van der Waals surface area contributed by atoms with Crippen LogP contribution in [0.5, 0.6) is 0 Å². The van der Waals surface area contributed by atoms with Gasteiger partial charge in [-0.1, -0.05) is 110 Å². The SMILES string of the molecule is C=C/C=C\c1c(C)c2ccccc2n1-c1cc(-n2c3ccccc3c3ccccc32)nc(-c2ccc(-n3c4ccccc4c4ccccc43)cc2)n1. The Kier molecular flexibility index (Phi) is 6.80. The molecule has 0 saturated heterocycles. The van der Waals surface area contributed by atoms with Crippen LogP contribution in [0.3, 0.4) is 0 Å². The minimum atomic E-state index is 0.650. The molecule has 52 heavy (non-hydrogen) atoms. The van der Waals surface area contributed by atoms with Gasteiger partial charge in [0.2, 0.25) is 0 Å². The summed E-state index contributed by atoms with van der Waals surface area (Å²) in [4.78, 5) is 10.7. The van der Waals surface area contributed by atoms with Crippen LogP contribution in [-0.2, 0) is 0 Å². The van der Waals surface area contributed by atoms with Crippen molar-refractivity contribution < 1.29 is 0 Å². The number of para-hydroxylation sites is 5. The molecule has 10 rings (SSSR count). The summed E-state index contributed by atoms with van der Waals surface area (Å²) in [6.45, 7) is 6.13. The normalized spacial score (nSPS) is 11.9. The van der Waals surface area contributed by atoms with Gasteiger partial charge < -0.3 is 4.57 Å². The Morgan fingerprint density at radius 1 is 0.481 bits per heavy atom. The number of aryl methyl sites for hydroxylation is 1. The monoisotopic (exact) mass is 667 g/mol. The summed E-state index contributed by atoms with van der Waals surface area (Å²) in [5.74, 6) is 2.25. The Hall–Kier alpha value is -6.98. The molecule has 0 unspecified atom stereocenters. The summed E-state index contributed by atoms with van der Waals surface area (Å²) in [5.41, 5.74) is 9.90. The van der Waals surface area contributed by atoms with Gasteiger partial charge in [-0.3, -0.25) is 9.13 Å². The fourth-order valence-electron chi connectivity index (χ4n) is 7.94. The Bertz CT molecular complexity index is 2940. The molecule has 0 saturated carbocycles. The van der Waals surface area contributed by atoms with Crippen LogP contribution in [-0.4, -0.2) is 23.7 Å². The molecule has 246 valence electrons. The fourth-order valence-corrected chi connectivity index (χ4v) is 7.94. The Morgan fingerprint density at radius 3 is 1.40 bits per heavy atom. The van der Waals surface area contributed by atoms with Crippen LogP contribution in [0, 0.1) is 6.92 Å². The zero-order chi connectivity index (χ0) is 34.8. The third-order valence-electron chi connectivity index (χ3n) is 10.3. The number of nitrogens with zero attached hydrogens (tertiary/aromatic N) is 5. The molecule has 0 aliphatic carbocycles. The molecule has 10 aromatic rings. The van der Waals surface area contributed by atoms with E-state index in [2.05, 4.69) is 185 Å². The molecule has 0 aliphatic rings. The maximum atomic E-state index is 5.34. The van der Waals surface area contributed by atoms with Crippen molar-refractivity contribution in [3.63, 3.8) is 0 Å². The predicted molar refractivity (Wildman–Crippen MR) is 217 cm³/mol. The predicted octanol–water partition coefficient (Wildman–Crippen LogP) is 11.8. The maximum absolute atomic E-state index is 5.34. The van der Waals surface area contributed by atoms with E-state index in [4.69, 9.17) is 9.97 Å². The number of rotatable bonds is 6. The van der Waals surface area contributed by atoms with Gasteiger partial charge in [-0.15, -0.1) is 0 Å². The molecule has 5 heteroatoms. The lowest BCUT2D eigenvalue weighted by Gasteiger charge is -2.15. The van der Waals surface area contributed by atoms with Crippen LogP contribution in [0.15, 0.2) is 170 Å². The Labute approximate surface area is 300 Å². The van der Waals surface area contributed by atoms with Gasteiger partial charge in [-0.05, 0) is 73.2 Å². The maximum Gasteiger partial charge on any atom is 0.163 e. The molecule has 0 bridgehead atoms. The van der Waals surface area contributed by atoms with Gasteiger partial charge in [0.05, 0.1) is 33.3 Å². The zero-order valence-corrected chi connectivity index (χ0v) is 28.6. The molecule has 6 aromatic carbocycles. The van der Waals surface area contributed by atoms with Gasteiger partial charge >= 0.3 is 0 Å². The standard InChI is InChI=1S/C47H33N5/c1-3-4-20-39-31(2)34-15-5-10-21-40(34)51(39)45-30-46(52-43-24-13-8-18-37(43)38-19-9-14-25-44(38)52)49-47(48-45)32-26-28-33(29-27-32)50-41-22-11-6-16-35(41)36-17-7-12-23-42(36)50/h3-30H,1H2,2H3/b20-4-. The highest BCUT2D eigenvalue weighted by Crippen LogP contribution is 2.36. The summed E-state index contributed by atoms with van der Waals surface area (Å²) >= 11 is 0. The summed E-state index contributed by atoms with van der Waals surface area (Å²) in [5, 5.41) is 6.04. The molecule has 5 nitrogen and oxygen atoms in total. The van der Waals surface area contributed by atoms with E-state index in [0.717, 1.165) is 45.1 Å².